The Balaban J connectivity index is 1.35. The Hall–Kier alpha value is -2.41. The van der Waals surface area contributed by atoms with Gasteiger partial charge in [0.05, 0.1) is 11.8 Å². The number of rotatable bonds is 5. The van der Waals surface area contributed by atoms with E-state index >= 15 is 0 Å². The number of carbonyl (C=O) groups is 4. The van der Waals surface area contributed by atoms with Crippen LogP contribution in [0.25, 0.3) is 0 Å². The number of hydrogen-bond donors (Lipinski definition) is 1. The average molecular weight is 419 g/mol. The van der Waals surface area contributed by atoms with Crippen LogP contribution in [0.1, 0.15) is 31.7 Å². The van der Waals surface area contributed by atoms with Crippen molar-refractivity contribution >= 4 is 41.0 Å². The van der Waals surface area contributed by atoms with Crippen molar-refractivity contribution in [2.45, 2.75) is 39.2 Å². The van der Waals surface area contributed by atoms with Gasteiger partial charge in [-0.25, -0.2) is 4.79 Å². The van der Waals surface area contributed by atoms with Crippen molar-refractivity contribution in [2.75, 3.05) is 11.9 Å². The maximum Gasteiger partial charge on any atom is 0.329 e. The highest BCUT2D eigenvalue weighted by Crippen LogP contribution is 2.56. The standard InChI is InChI=1S/C21H23ClN2O5/c1-10-3-6-14(22)8-15(10)23-16(25)9-29-21(28)11(2)24-19(26)17-12-4-5-13(7-12)18(17)20(24)27/h3,6,8,11-13,17-18H,4-5,7,9H2,1-2H3,(H,23,25)/t11-,12+,13+,17-,18+/m0/s1. The summed E-state index contributed by atoms with van der Waals surface area (Å²) in [6.07, 6.45) is 2.88. The zero-order valence-electron chi connectivity index (χ0n) is 16.3. The number of aryl methyl sites for hydroxylation is 1. The van der Waals surface area contributed by atoms with E-state index in [1.165, 1.54) is 6.92 Å². The number of fused-ring (bicyclic) bond motifs is 5. The van der Waals surface area contributed by atoms with Crippen molar-refractivity contribution in [1.82, 2.24) is 4.90 Å². The molecule has 29 heavy (non-hydrogen) atoms. The third kappa shape index (κ3) is 3.41. The smallest absolute Gasteiger partial charge is 0.329 e. The van der Waals surface area contributed by atoms with Gasteiger partial charge in [-0.3, -0.25) is 19.3 Å². The molecular weight excluding hydrogens is 396 g/mol. The molecule has 3 amide bonds. The van der Waals surface area contributed by atoms with Crippen LogP contribution in [0, 0.1) is 30.6 Å². The van der Waals surface area contributed by atoms with Gasteiger partial charge < -0.3 is 10.1 Å². The molecule has 8 heteroatoms. The summed E-state index contributed by atoms with van der Waals surface area (Å²) in [6, 6.07) is 4.04. The van der Waals surface area contributed by atoms with Gasteiger partial charge in [-0.2, -0.15) is 0 Å². The van der Waals surface area contributed by atoms with E-state index in [0.717, 1.165) is 29.7 Å². The fourth-order valence-corrected chi connectivity index (χ4v) is 5.26. The number of benzene rings is 1. The third-order valence-electron chi connectivity index (χ3n) is 6.51. The Labute approximate surface area is 173 Å². The highest BCUT2D eigenvalue weighted by atomic mass is 35.5. The minimum Gasteiger partial charge on any atom is -0.454 e. The molecule has 2 aliphatic carbocycles. The Morgan fingerprint density at radius 3 is 2.45 bits per heavy atom. The van der Waals surface area contributed by atoms with Gasteiger partial charge in [0, 0.05) is 10.7 Å². The molecule has 154 valence electrons. The Bertz CT molecular complexity index is 873. The van der Waals surface area contributed by atoms with E-state index in [2.05, 4.69) is 5.32 Å². The second-order valence-electron chi connectivity index (χ2n) is 8.22. The monoisotopic (exact) mass is 418 g/mol. The molecule has 1 heterocycles. The Kier molecular flexibility index (Phi) is 5.11. The molecule has 7 nitrogen and oxygen atoms in total. The fourth-order valence-electron chi connectivity index (χ4n) is 5.09. The maximum absolute atomic E-state index is 12.8. The van der Waals surface area contributed by atoms with Gasteiger partial charge in [0.15, 0.2) is 6.61 Å². The van der Waals surface area contributed by atoms with E-state index in [1.54, 1.807) is 18.2 Å². The molecular formula is C21H23ClN2O5. The van der Waals surface area contributed by atoms with Crippen molar-refractivity contribution in [2.24, 2.45) is 23.7 Å². The Morgan fingerprint density at radius 2 is 1.83 bits per heavy atom. The minimum atomic E-state index is -1.04. The normalized spacial score (nSPS) is 28.4. The predicted octanol–water partition coefficient (Wildman–Crippen LogP) is 2.55. The van der Waals surface area contributed by atoms with Gasteiger partial charge >= 0.3 is 5.97 Å². The zero-order valence-corrected chi connectivity index (χ0v) is 17.1. The van der Waals surface area contributed by atoms with Crippen molar-refractivity contribution in [3.63, 3.8) is 0 Å². The number of halogens is 1. The molecule has 2 saturated carbocycles. The molecule has 1 aliphatic heterocycles. The molecule has 3 fully saturated rings. The van der Waals surface area contributed by atoms with Gasteiger partial charge in [0.1, 0.15) is 6.04 Å². The lowest BCUT2D eigenvalue weighted by molar-refractivity contribution is -0.159. The molecule has 5 atom stereocenters. The molecule has 1 aromatic rings. The first-order valence-corrected chi connectivity index (χ1v) is 10.2. The van der Waals surface area contributed by atoms with Crippen LogP contribution in [0.3, 0.4) is 0 Å². The average Bonchev–Trinajstić information content (AvgIpc) is 3.36. The van der Waals surface area contributed by atoms with Crippen LogP contribution in [-0.4, -0.2) is 41.2 Å². The predicted molar refractivity (Wildman–Crippen MR) is 105 cm³/mol. The van der Waals surface area contributed by atoms with Gasteiger partial charge in [0.2, 0.25) is 11.8 Å². The fraction of sp³-hybridized carbons (Fsp3) is 0.524. The van der Waals surface area contributed by atoms with Crippen molar-refractivity contribution in [3.05, 3.63) is 28.8 Å². The summed E-state index contributed by atoms with van der Waals surface area (Å²) in [5.74, 6) is -1.90. The lowest BCUT2D eigenvalue weighted by atomic mass is 9.81. The van der Waals surface area contributed by atoms with E-state index in [9.17, 15) is 19.2 Å². The number of anilines is 1. The quantitative estimate of drug-likeness (QED) is 0.586. The van der Waals surface area contributed by atoms with Crippen LogP contribution in [0.15, 0.2) is 18.2 Å². The first-order chi connectivity index (χ1) is 13.8. The van der Waals surface area contributed by atoms with Crippen LogP contribution in [0.5, 0.6) is 0 Å². The molecule has 1 saturated heterocycles. The van der Waals surface area contributed by atoms with Crippen molar-refractivity contribution < 1.29 is 23.9 Å². The lowest BCUT2D eigenvalue weighted by Crippen LogP contribution is -2.45. The summed E-state index contributed by atoms with van der Waals surface area (Å²) >= 11 is 5.93. The van der Waals surface area contributed by atoms with Crippen LogP contribution >= 0.6 is 11.6 Å². The minimum absolute atomic E-state index is 0.251. The summed E-state index contributed by atoms with van der Waals surface area (Å²) in [4.78, 5) is 51.2. The molecule has 3 aliphatic rings. The van der Waals surface area contributed by atoms with E-state index in [0.29, 0.717) is 10.7 Å². The second kappa shape index (κ2) is 7.44. The first-order valence-electron chi connectivity index (χ1n) is 9.87. The number of esters is 1. The third-order valence-corrected chi connectivity index (χ3v) is 6.74. The largest absolute Gasteiger partial charge is 0.454 e. The number of ether oxygens (including phenoxy) is 1. The van der Waals surface area contributed by atoms with E-state index in [1.807, 2.05) is 6.92 Å². The van der Waals surface area contributed by atoms with Gasteiger partial charge in [-0.05, 0) is 62.6 Å². The second-order valence-corrected chi connectivity index (χ2v) is 8.66. The number of imide groups is 1. The maximum atomic E-state index is 12.8. The molecule has 2 bridgehead atoms. The molecule has 0 aromatic heterocycles. The van der Waals surface area contributed by atoms with Gasteiger partial charge in [-0.1, -0.05) is 17.7 Å². The zero-order chi connectivity index (χ0) is 20.9. The number of hydrogen-bond acceptors (Lipinski definition) is 5. The summed E-state index contributed by atoms with van der Waals surface area (Å²) in [5, 5.41) is 3.11. The van der Waals surface area contributed by atoms with E-state index < -0.39 is 24.5 Å². The SMILES string of the molecule is Cc1ccc(Cl)cc1NC(=O)COC(=O)[C@H](C)N1C(=O)[C@@H]2[C@@H]3CC[C@H](C3)[C@@H]2C1=O. The topological polar surface area (TPSA) is 92.8 Å². The number of nitrogens with one attached hydrogen (secondary N) is 1. The molecule has 0 spiro atoms. The van der Waals surface area contributed by atoms with Crippen LogP contribution < -0.4 is 5.32 Å². The first kappa shape index (κ1) is 19.9. The highest BCUT2D eigenvalue weighted by molar-refractivity contribution is 6.31. The lowest BCUT2D eigenvalue weighted by Gasteiger charge is -2.23. The van der Waals surface area contributed by atoms with Crippen molar-refractivity contribution in [1.29, 1.82) is 0 Å². The molecule has 1 aromatic carbocycles. The van der Waals surface area contributed by atoms with Crippen LogP contribution in [-0.2, 0) is 23.9 Å². The van der Waals surface area contributed by atoms with Gasteiger partial charge in [0.25, 0.3) is 5.91 Å². The summed E-state index contributed by atoms with van der Waals surface area (Å²) in [7, 11) is 0. The van der Waals surface area contributed by atoms with Crippen LogP contribution in [0.4, 0.5) is 5.69 Å². The molecule has 1 N–H and O–H groups in total. The van der Waals surface area contributed by atoms with E-state index in [4.69, 9.17) is 16.3 Å². The summed E-state index contributed by atoms with van der Waals surface area (Å²) in [6.45, 7) is 2.78. The number of likely N-dealkylation sites (tertiary alicyclic amines) is 1. The Morgan fingerprint density at radius 1 is 1.21 bits per heavy atom. The molecule has 4 rings (SSSR count). The van der Waals surface area contributed by atoms with E-state index in [-0.39, 0.29) is 35.5 Å². The molecule has 0 radical (unpaired) electrons. The summed E-state index contributed by atoms with van der Waals surface area (Å²) < 4.78 is 5.08. The summed E-state index contributed by atoms with van der Waals surface area (Å²) in [5.41, 5.74) is 1.34. The van der Waals surface area contributed by atoms with Crippen molar-refractivity contribution in [3.8, 4) is 0 Å². The number of amides is 3. The highest BCUT2D eigenvalue weighted by Gasteiger charge is 2.62. The number of carbonyl (C=O) groups excluding carboxylic acids is 4. The van der Waals surface area contributed by atoms with Gasteiger partial charge in [-0.15, -0.1) is 0 Å². The number of nitrogens with zero attached hydrogens (tertiary/aromatic N) is 1. The molecule has 0 unspecified atom stereocenters. The van der Waals surface area contributed by atoms with Crippen LogP contribution in [0.2, 0.25) is 5.02 Å².